The molecular formula is C23H26ClFN2O3S. The highest BCUT2D eigenvalue weighted by molar-refractivity contribution is 7.89. The molecule has 2 aromatic rings. The Morgan fingerprint density at radius 2 is 1.74 bits per heavy atom. The van der Waals surface area contributed by atoms with E-state index in [1.807, 2.05) is 31.2 Å². The minimum atomic E-state index is -3.43. The van der Waals surface area contributed by atoms with Gasteiger partial charge in [-0.05, 0) is 66.6 Å². The number of carbonyl (C=O) groups excluding carboxylic acids is 1. The van der Waals surface area contributed by atoms with E-state index < -0.39 is 15.3 Å². The van der Waals surface area contributed by atoms with Crippen molar-refractivity contribution < 1.29 is 17.6 Å². The van der Waals surface area contributed by atoms with Crippen LogP contribution in [0.15, 0.2) is 42.5 Å². The summed E-state index contributed by atoms with van der Waals surface area (Å²) >= 11 is 5.95. The van der Waals surface area contributed by atoms with Crippen molar-refractivity contribution >= 4 is 27.5 Å². The highest BCUT2D eigenvalue weighted by atomic mass is 35.5. The van der Waals surface area contributed by atoms with Gasteiger partial charge in [0.1, 0.15) is 11.1 Å². The molecule has 1 amide bonds. The molecule has 0 spiro atoms. The second-order valence-electron chi connectivity index (χ2n) is 8.44. The summed E-state index contributed by atoms with van der Waals surface area (Å²) < 4.78 is 41.0. The molecule has 4 rings (SSSR count). The lowest BCUT2D eigenvalue weighted by Crippen LogP contribution is -2.60. The molecule has 31 heavy (non-hydrogen) atoms. The van der Waals surface area contributed by atoms with Crippen LogP contribution >= 0.6 is 11.6 Å². The van der Waals surface area contributed by atoms with E-state index in [0.29, 0.717) is 29.6 Å². The Morgan fingerprint density at radius 3 is 2.39 bits per heavy atom. The summed E-state index contributed by atoms with van der Waals surface area (Å²) in [5, 5.41) is 0.137. The number of hydrogen-bond donors (Lipinski definition) is 0. The highest BCUT2D eigenvalue weighted by Crippen LogP contribution is 2.32. The summed E-state index contributed by atoms with van der Waals surface area (Å²) in [5.74, 6) is -0.209. The van der Waals surface area contributed by atoms with Gasteiger partial charge in [0, 0.05) is 31.2 Å². The first-order valence-electron chi connectivity index (χ1n) is 10.5. The van der Waals surface area contributed by atoms with Gasteiger partial charge < -0.3 is 4.90 Å². The van der Waals surface area contributed by atoms with E-state index in [9.17, 15) is 17.6 Å². The largest absolute Gasteiger partial charge is 0.340 e. The predicted molar refractivity (Wildman–Crippen MR) is 119 cm³/mol. The number of likely N-dealkylation sites (tertiary alicyclic amines) is 1. The number of nitrogens with zero attached hydrogens (tertiary/aromatic N) is 2. The highest BCUT2D eigenvalue weighted by Gasteiger charge is 2.43. The molecule has 2 aliphatic heterocycles. The molecule has 0 unspecified atom stereocenters. The van der Waals surface area contributed by atoms with Gasteiger partial charge in [0.15, 0.2) is 0 Å². The van der Waals surface area contributed by atoms with Crippen molar-refractivity contribution in [2.75, 3.05) is 26.2 Å². The fourth-order valence-electron chi connectivity index (χ4n) is 4.32. The van der Waals surface area contributed by atoms with E-state index in [0.717, 1.165) is 18.4 Å². The number of hydrogen-bond acceptors (Lipinski definition) is 3. The first kappa shape index (κ1) is 22.2. The van der Waals surface area contributed by atoms with Crippen LogP contribution in [0.2, 0.25) is 5.02 Å². The first-order chi connectivity index (χ1) is 14.7. The summed E-state index contributed by atoms with van der Waals surface area (Å²) in [6.07, 6.45) is 1.63. The number of sulfonamides is 1. The summed E-state index contributed by atoms with van der Waals surface area (Å²) in [4.78, 5) is 14.1. The summed E-state index contributed by atoms with van der Waals surface area (Å²) in [6, 6.07) is 12.1. The summed E-state index contributed by atoms with van der Waals surface area (Å²) in [7, 11) is -3.43. The number of amides is 1. The lowest BCUT2D eigenvalue weighted by molar-refractivity contribution is -0.133. The van der Waals surface area contributed by atoms with E-state index >= 15 is 0 Å². The molecule has 166 valence electrons. The van der Waals surface area contributed by atoms with Crippen LogP contribution in [-0.4, -0.2) is 55.0 Å². The molecule has 0 N–H and O–H groups in total. The van der Waals surface area contributed by atoms with Crippen molar-refractivity contribution in [3.63, 3.8) is 0 Å². The fraction of sp³-hybridized carbons (Fsp3) is 0.435. The average Bonchev–Trinajstić information content (AvgIpc) is 2.70. The Kier molecular flexibility index (Phi) is 6.37. The fourth-order valence-corrected chi connectivity index (χ4v) is 6.33. The third-order valence-electron chi connectivity index (χ3n) is 6.43. The van der Waals surface area contributed by atoms with Gasteiger partial charge in [0.05, 0.1) is 6.42 Å². The third-order valence-corrected chi connectivity index (χ3v) is 8.91. The second kappa shape index (κ2) is 8.88. The van der Waals surface area contributed by atoms with Crippen LogP contribution in [0.25, 0.3) is 0 Å². The average molecular weight is 465 g/mol. The minimum Gasteiger partial charge on any atom is -0.340 e. The van der Waals surface area contributed by atoms with Crippen molar-refractivity contribution in [3.05, 3.63) is 70.0 Å². The minimum absolute atomic E-state index is 0.0862. The molecule has 0 aromatic heterocycles. The topological polar surface area (TPSA) is 57.7 Å². The molecule has 0 radical (unpaired) electrons. The molecule has 8 heteroatoms. The molecule has 0 aliphatic carbocycles. The van der Waals surface area contributed by atoms with E-state index in [-0.39, 0.29) is 31.2 Å². The third kappa shape index (κ3) is 4.78. The van der Waals surface area contributed by atoms with Gasteiger partial charge in [-0.1, -0.05) is 29.8 Å². The molecule has 2 saturated heterocycles. The number of carbonyl (C=O) groups is 1. The maximum atomic E-state index is 13.5. The molecule has 2 heterocycles. The smallest absolute Gasteiger partial charge is 0.227 e. The number of piperidine rings is 1. The van der Waals surface area contributed by atoms with E-state index in [2.05, 4.69) is 0 Å². The van der Waals surface area contributed by atoms with Crippen molar-refractivity contribution in [1.29, 1.82) is 0 Å². The predicted octanol–water partition coefficient (Wildman–Crippen LogP) is 3.75. The van der Waals surface area contributed by atoms with Crippen molar-refractivity contribution in [1.82, 2.24) is 9.21 Å². The van der Waals surface area contributed by atoms with E-state index in [1.54, 1.807) is 15.3 Å². The Labute approximate surface area is 187 Å². The Hall–Kier alpha value is -1.96. The lowest BCUT2D eigenvalue weighted by Gasteiger charge is -2.42. The molecule has 2 aromatic carbocycles. The van der Waals surface area contributed by atoms with Gasteiger partial charge in [0.2, 0.25) is 15.9 Å². The van der Waals surface area contributed by atoms with Crippen LogP contribution in [0.3, 0.4) is 0 Å². The number of halogens is 2. The molecule has 0 saturated carbocycles. The molecule has 5 nitrogen and oxygen atoms in total. The Bertz CT molecular complexity index is 1060. The van der Waals surface area contributed by atoms with Gasteiger partial charge >= 0.3 is 0 Å². The van der Waals surface area contributed by atoms with Crippen molar-refractivity contribution in [3.8, 4) is 0 Å². The normalized spacial score (nSPS) is 18.7. The standard InChI is InChI=1S/C23H26ClFN2O3S/c1-16-2-7-21(25)12-19(16)13-23(28)26-14-22(15-26)31(29,30)27-10-8-18(9-11-27)17-3-5-20(24)6-4-17/h2-7,12,18,22H,8-11,13-15H2,1H3. The number of aryl methyl sites for hydroxylation is 1. The molecular weight excluding hydrogens is 439 g/mol. The van der Waals surface area contributed by atoms with Crippen LogP contribution in [-0.2, 0) is 21.2 Å². The van der Waals surface area contributed by atoms with Gasteiger partial charge in [-0.15, -0.1) is 0 Å². The van der Waals surface area contributed by atoms with Crippen molar-refractivity contribution in [2.45, 2.75) is 37.4 Å². The summed E-state index contributed by atoms with van der Waals surface area (Å²) in [6.45, 7) is 3.21. The number of benzene rings is 2. The van der Waals surface area contributed by atoms with Crippen LogP contribution in [0, 0.1) is 12.7 Å². The molecule has 0 bridgehead atoms. The lowest BCUT2D eigenvalue weighted by atomic mass is 9.90. The van der Waals surface area contributed by atoms with Gasteiger partial charge in [-0.3, -0.25) is 4.79 Å². The number of rotatable bonds is 5. The second-order valence-corrected chi connectivity index (χ2v) is 11.1. The Morgan fingerprint density at radius 1 is 1.10 bits per heavy atom. The zero-order valence-corrected chi connectivity index (χ0v) is 19.0. The maximum Gasteiger partial charge on any atom is 0.227 e. The molecule has 2 fully saturated rings. The van der Waals surface area contributed by atoms with E-state index in [4.69, 9.17) is 11.6 Å². The van der Waals surface area contributed by atoms with Crippen LogP contribution in [0.1, 0.15) is 35.4 Å². The monoisotopic (exact) mass is 464 g/mol. The van der Waals surface area contributed by atoms with Crippen molar-refractivity contribution in [2.24, 2.45) is 0 Å². The van der Waals surface area contributed by atoms with Crippen LogP contribution in [0.4, 0.5) is 4.39 Å². The van der Waals surface area contributed by atoms with Crippen LogP contribution < -0.4 is 0 Å². The molecule has 0 atom stereocenters. The quantitative estimate of drug-likeness (QED) is 0.677. The van der Waals surface area contributed by atoms with Gasteiger partial charge in [0.25, 0.3) is 0 Å². The first-order valence-corrected chi connectivity index (χ1v) is 12.4. The zero-order valence-electron chi connectivity index (χ0n) is 17.4. The SMILES string of the molecule is Cc1ccc(F)cc1CC(=O)N1CC(S(=O)(=O)N2CCC(c3ccc(Cl)cc3)CC2)C1. The molecule has 2 aliphatic rings. The maximum absolute atomic E-state index is 13.5. The zero-order chi connectivity index (χ0) is 22.2. The Balaban J connectivity index is 1.30. The summed E-state index contributed by atoms with van der Waals surface area (Å²) in [5.41, 5.74) is 2.68. The van der Waals surface area contributed by atoms with Gasteiger partial charge in [-0.2, -0.15) is 0 Å². The van der Waals surface area contributed by atoms with Gasteiger partial charge in [-0.25, -0.2) is 17.1 Å². The van der Waals surface area contributed by atoms with Crippen LogP contribution in [0.5, 0.6) is 0 Å². The van der Waals surface area contributed by atoms with E-state index in [1.165, 1.54) is 17.7 Å².